The highest BCUT2D eigenvalue weighted by Crippen LogP contribution is 2.43. The standard InChI is InChI=1S/C20H29N3O3S/c1-2-22-27(25,26)17-7-6-13-8-9-23(18(13)12-17)20(24)16-10-14-4-3-5-15(11-16)19(14)21/h6-7,12,14-16,19,22H,2-5,8-11,21H2,1H3. The molecule has 1 amide bonds. The summed E-state index contributed by atoms with van der Waals surface area (Å²) >= 11 is 0. The molecule has 27 heavy (non-hydrogen) atoms. The lowest BCUT2D eigenvalue weighted by molar-refractivity contribution is -0.125. The number of rotatable bonds is 4. The maximum Gasteiger partial charge on any atom is 0.240 e. The number of nitrogens with zero attached hydrogens (tertiary/aromatic N) is 1. The zero-order valence-corrected chi connectivity index (χ0v) is 16.7. The van der Waals surface area contributed by atoms with Crippen LogP contribution in [0.2, 0.25) is 0 Å². The number of amides is 1. The third-order valence-corrected chi connectivity index (χ3v) is 8.17. The van der Waals surface area contributed by atoms with Gasteiger partial charge in [-0.3, -0.25) is 4.79 Å². The van der Waals surface area contributed by atoms with Crippen LogP contribution < -0.4 is 15.4 Å². The molecule has 148 valence electrons. The molecule has 0 radical (unpaired) electrons. The van der Waals surface area contributed by atoms with Crippen molar-refractivity contribution in [2.45, 2.75) is 56.4 Å². The first kappa shape index (κ1) is 18.9. The second-order valence-electron chi connectivity index (χ2n) is 8.23. The maximum atomic E-state index is 13.3. The highest BCUT2D eigenvalue weighted by molar-refractivity contribution is 7.89. The Morgan fingerprint density at radius 3 is 2.63 bits per heavy atom. The zero-order chi connectivity index (χ0) is 19.2. The monoisotopic (exact) mass is 391 g/mol. The minimum Gasteiger partial charge on any atom is -0.327 e. The molecule has 7 heteroatoms. The summed E-state index contributed by atoms with van der Waals surface area (Å²) in [6.07, 6.45) is 6.01. The van der Waals surface area contributed by atoms with Gasteiger partial charge in [0.25, 0.3) is 0 Å². The van der Waals surface area contributed by atoms with Crippen LogP contribution >= 0.6 is 0 Å². The molecule has 2 aliphatic carbocycles. The molecule has 3 N–H and O–H groups in total. The molecule has 2 fully saturated rings. The van der Waals surface area contributed by atoms with E-state index in [0.29, 0.717) is 24.9 Å². The number of nitrogens with two attached hydrogens (primary N) is 1. The summed E-state index contributed by atoms with van der Waals surface area (Å²) in [5.74, 6) is 1.07. The van der Waals surface area contributed by atoms with Gasteiger partial charge in [0.05, 0.1) is 4.90 Å². The van der Waals surface area contributed by atoms with Gasteiger partial charge in [0, 0.05) is 30.7 Å². The van der Waals surface area contributed by atoms with E-state index in [1.54, 1.807) is 19.1 Å². The quantitative estimate of drug-likeness (QED) is 0.821. The van der Waals surface area contributed by atoms with E-state index >= 15 is 0 Å². The van der Waals surface area contributed by atoms with E-state index in [-0.39, 0.29) is 22.8 Å². The van der Waals surface area contributed by atoms with Crippen LogP contribution in [0.4, 0.5) is 5.69 Å². The normalized spacial score (nSPS) is 30.2. The summed E-state index contributed by atoms with van der Waals surface area (Å²) in [6.45, 7) is 2.73. The van der Waals surface area contributed by atoms with Crippen LogP contribution in [0.15, 0.2) is 23.1 Å². The van der Waals surface area contributed by atoms with Crippen molar-refractivity contribution < 1.29 is 13.2 Å². The van der Waals surface area contributed by atoms with Gasteiger partial charge in [-0.25, -0.2) is 13.1 Å². The Morgan fingerprint density at radius 2 is 1.96 bits per heavy atom. The smallest absolute Gasteiger partial charge is 0.240 e. The number of hydrogen-bond acceptors (Lipinski definition) is 4. The summed E-state index contributed by atoms with van der Waals surface area (Å²) in [7, 11) is -3.53. The lowest BCUT2D eigenvalue weighted by Crippen LogP contribution is -2.49. The molecule has 1 heterocycles. The van der Waals surface area contributed by atoms with E-state index in [2.05, 4.69) is 4.72 Å². The molecular weight excluding hydrogens is 362 g/mol. The number of carbonyl (C=O) groups excluding carboxylic acids is 1. The first-order valence-electron chi connectivity index (χ1n) is 10.1. The average Bonchev–Trinajstić information content (AvgIpc) is 3.04. The molecule has 2 bridgehead atoms. The second-order valence-corrected chi connectivity index (χ2v) is 10.00. The van der Waals surface area contributed by atoms with Gasteiger partial charge in [-0.15, -0.1) is 0 Å². The lowest BCUT2D eigenvalue weighted by atomic mass is 9.65. The molecule has 2 unspecified atom stereocenters. The van der Waals surface area contributed by atoms with Crippen molar-refractivity contribution in [1.82, 2.24) is 4.72 Å². The molecule has 6 nitrogen and oxygen atoms in total. The number of nitrogens with one attached hydrogen (secondary N) is 1. The van der Waals surface area contributed by atoms with Gasteiger partial charge in [-0.05, 0) is 61.6 Å². The summed E-state index contributed by atoms with van der Waals surface area (Å²) in [5, 5.41) is 0. The number of fused-ring (bicyclic) bond motifs is 3. The van der Waals surface area contributed by atoms with Gasteiger partial charge in [0.15, 0.2) is 0 Å². The molecule has 0 saturated heterocycles. The van der Waals surface area contributed by atoms with Crippen LogP contribution in [-0.2, 0) is 21.2 Å². The van der Waals surface area contributed by atoms with Crippen molar-refractivity contribution in [1.29, 1.82) is 0 Å². The average molecular weight is 392 g/mol. The van der Waals surface area contributed by atoms with Gasteiger partial charge < -0.3 is 10.6 Å². The minimum absolute atomic E-state index is 0.0140. The first-order valence-corrected chi connectivity index (χ1v) is 11.6. The van der Waals surface area contributed by atoms with Crippen molar-refractivity contribution >= 4 is 21.6 Å². The first-order chi connectivity index (χ1) is 12.9. The predicted octanol–water partition coefficient (Wildman–Crippen LogP) is 2.03. The number of anilines is 1. The van der Waals surface area contributed by atoms with Crippen LogP contribution in [0.3, 0.4) is 0 Å². The summed E-state index contributed by atoms with van der Waals surface area (Å²) in [5.41, 5.74) is 8.18. The van der Waals surface area contributed by atoms with Crippen LogP contribution in [0.25, 0.3) is 0 Å². The molecule has 2 atom stereocenters. The van der Waals surface area contributed by atoms with Crippen LogP contribution in [0.1, 0.15) is 44.6 Å². The third-order valence-electron chi connectivity index (χ3n) is 6.63. The van der Waals surface area contributed by atoms with Gasteiger partial charge >= 0.3 is 0 Å². The molecule has 0 spiro atoms. The molecule has 4 rings (SSSR count). The van der Waals surface area contributed by atoms with Crippen LogP contribution in [0.5, 0.6) is 0 Å². The second kappa shape index (κ2) is 7.18. The fraction of sp³-hybridized carbons (Fsp3) is 0.650. The van der Waals surface area contributed by atoms with E-state index in [9.17, 15) is 13.2 Å². The Bertz CT molecular complexity index is 825. The molecule has 0 aromatic heterocycles. The summed E-state index contributed by atoms with van der Waals surface area (Å²) < 4.78 is 27.2. The Hall–Kier alpha value is -1.44. The number of hydrogen-bond donors (Lipinski definition) is 2. The Balaban J connectivity index is 1.58. The van der Waals surface area contributed by atoms with E-state index in [0.717, 1.165) is 43.4 Å². The van der Waals surface area contributed by atoms with Crippen molar-refractivity contribution in [3.63, 3.8) is 0 Å². The zero-order valence-electron chi connectivity index (χ0n) is 15.9. The predicted molar refractivity (Wildman–Crippen MR) is 105 cm³/mol. The molecule has 1 aromatic rings. The SMILES string of the molecule is CCNS(=O)(=O)c1ccc2c(c1)N(C(=O)C1CC3CCCC(C1)C3N)CC2. The van der Waals surface area contributed by atoms with Crippen molar-refractivity contribution in [3.8, 4) is 0 Å². The van der Waals surface area contributed by atoms with E-state index < -0.39 is 10.0 Å². The Labute approximate surface area is 161 Å². The van der Waals surface area contributed by atoms with E-state index in [1.807, 2.05) is 11.0 Å². The highest BCUT2D eigenvalue weighted by Gasteiger charge is 2.42. The lowest BCUT2D eigenvalue weighted by Gasteiger charge is -2.44. The van der Waals surface area contributed by atoms with Crippen LogP contribution in [0, 0.1) is 17.8 Å². The van der Waals surface area contributed by atoms with E-state index in [1.165, 1.54) is 6.42 Å². The summed E-state index contributed by atoms with van der Waals surface area (Å²) in [6, 6.07) is 5.38. The van der Waals surface area contributed by atoms with Gasteiger partial charge in [-0.2, -0.15) is 0 Å². The molecular formula is C20H29N3O3S. The fourth-order valence-corrected chi connectivity index (χ4v) is 6.30. The summed E-state index contributed by atoms with van der Waals surface area (Å²) in [4.78, 5) is 15.4. The molecule has 1 aromatic carbocycles. The van der Waals surface area contributed by atoms with Crippen molar-refractivity contribution in [3.05, 3.63) is 23.8 Å². The van der Waals surface area contributed by atoms with Crippen molar-refractivity contribution in [2.75, 3.05) is 18.0 Å². The highest BCUT2D eigenvalue weighted by atomic mass is 32.2. The van der Waals surface area contributed by atoms with E-state index in [4.69, 9.17) is 5.73 Å². The van der Waals surface area contributed by atoms with Gasteiger partial charge in [0.2, 0.25) is 15.9 Å². The maximum absolute atomic E-state index is 13.3. The minimum atomic E-state index is -3.53. The largest absolute Gasteiger partial charge is 0.327 e. The molecule has 1 aliphatic heterocycles. The third kappa shape index (κ3) is 3.41. The molecule has 2 saturated carbocycles. The molecule has 3 aliphatic rings. The Kier molecular flexibility index (Phi) is 5.03. The van der Waals surface area contributed by atoms with Gasteiger partial charge in [-0.1, -0.05) is 19.4 Å². The number of sulfonamides is 1. The topological polar surface area (TPSA) is 92.5 Å². The van der Waals surface area contributed by atoms with Gasteiger partial charge in [0.1, 0.15) is 0 Å². The van der Waals surface area contributed by atoms with Crippen molar-refractivity contribution in [2.24, 2.45) is 23.5 Å². The number of carbonyl (C=O) groups is 1. The number of benzene rings is 1. The Morgan fingerprint density at radius 1 is 1.26 bits per heavy atom. The van der Waals surface area contributed by atoms with Crippen LogP contribution in [-0.4, -0.2) is 33.5 Å². The fourth-order valence-electron chi connectivity index (χ4n) is 5.24.